The minimum atomic E-state index is -0.151. The molecule has 0 unspecified atom stereocenters. The quantitative estimate of drug-likeness (QED) is 0.602. The predicted octanol–water partition coefficient (Wildman–Crippen LogP) is 3.38. The number of rotatable bonds is 6. The number of aromatic amines is 1. The number of nitrogens with one attached hydrogen (secondary N) is 2. The van der Waals surface area contributed by atoms with E-state index >= 15 is 0 Å². The van der Waals surface area contributed by atoms with E-state index in [-0.39, 0.29) is 5.56 Å². The molecule has 5 nitrogen and oxygen atoms in total. The predicted molar refractivity (Wildman–Crippen MR) is 102 cm³/mol. The normalized spacial score (nSPS) is 11.1. The largest absolute Gasteiger partial charge is 0.355 e. The number of likely N-dealkylation sites (N-methyl/N-ethyl adjacent to an activating group) is 1. The summed E-state index contributed by atoms with van der Waals surface area (Å²) in [4.78, 5) is 18.4. The molecule has 1 aromatic carbocycles. The Labute approximate surface area is 146 Å². The standard InChI is InChI=1S/C18H20N4OS/c1-2-22(24)11-9-13-4-3-5-14(12-13)20-16-8-10-19-18-15(16)6-7-17(23)21-18/h3-8,10,12,24H,2,9,11H2,1H3,(H2,19,20,21,23). The van der Waals surface area contributed by atoms with E-state index in [1.807, 2.05) is 22.5 Å². The summed E-state index contributed by atoms with van der Waals surface area (Å²) < 4.78 is 1.99. The van der Waals surface area contributed by atoms with Crippen LogP contribution in [0.4, 0.5) is 11.4 Å². The van der Waals surface area contributed by atoms with Crippen LogP contribution < -0.4 is 10.9 Å². The van der Waals surface area contributed by atoms with E-state index in [2.05, 4.69) is 47.2 Å². The Morgan fingerprint density at radius 3 is 2.96 bits per heavy atom. The minimum Gasteiger partial charge on any atom is -0.355 e. The van der Waals surface area contributed by atoms with Gasteiger partial charge in [0.05, 0.1) is 5.69 Å². The van der Waals surface area contributed by atoms with Crippen molar-refractivity contribution < 1.29 is 0 Å². The van der Waals surface area contributed by atoms with Crippen LogP contribution in [0, 0.1) is 0 Å². The maximum Gasteiger partial charge on any atom is 0.249 e. The van der Waals surface area contributed by atoms with Gasteiger partial charge in [-0.3, -0.25) is 9.10 Å². The Bertz CT molecular complexity index is 893. The molecule has 124 valence electrons. The number of hydrogen-bond donors (Lipinski definition) is 3. The fraction of sp³-hybridized carbons (Fsp3) is 0.222. The molecule has 0 bridgehead atoms. The third-order valence-corrected chi connectivity index (χ3v) is 4.35. The zero-order valence-corrected chi connectivity index (χ0v) is 14.4. The number of thiol groups is 1. The van der Waals surface area contributed by atoms with E-state index in [0.717, 1.165) is 36.3 Å². The second kappa shape index (κ2) is 7.51. The molecule has 0 radical (unpaired) electrons. The van der Waals surface area contributed by atoms with E-state index in [1.165, 1.54) is 11.6 Å². The lowest BCUT2D eigenvalue weighted by Gasteiger charge is -2.13. The average molecular weight is 340 g/mol. The summed E-state index contributed by atoms with van der Waals surface area (Å²) in [6.45, 7) is 3.91. The molecule has 0 amide bonds. The lowest BCUT2D eigenvalue weighted by Crippen LogP contribution is -2.14. The molecule has 24 heavy (non-hydrogen) atoms. The van der Waals surface area contributed by atoms with Gasteiger partial charge in [-0.1, -0.05) is 31.9 Å². The van der Waals surface area contributed by atoms with Crippen LogP contribution in [0.1, 0.15) is 12.5 Å². The van der Waals surface area contributed by atoms with Crippen LogP contribution in [0.15, 0.2) is 53.5 Å². The third-order valence-electron chi connectivity index (χ3n) is 3.86. The first-order chi connectivity index (χ1) is 11.7. The third kappa shape index (κ3) is 3.96. The number of nitrogens with zero attached hydrogens (tertiary/aromatic N) is 2. The van der Waals surface area contributed by atoms with Crippen LogP contribution >= 0.6 is 12.8 Å². The van der Waals surface area contributed by atoms with Crippen molar-refractivity contribution in [1.29, 1.82) is 0 Å². The maximum atomic E-state index is 11.4. The molecule has 0 saturated heterocycles. The highest BCUT2D eigenvalue weighted by atomic mass is 32.1. The maximum absolute atomic E-state index is 11.4. The van der Waals surface area contributed by atoms with Crippen molar-refractivity contribution in [2.24, 2.45) is 0 Å². The topological polar surface area (TPSA) is 61.0 Å². The summed E-state index contributed by atoms with van der Waals surface area (Å²) in [5.41, 5.74) is 3.60. The van der Waals surface area contributed by atoms with Crippen LogP contribution in [0.3, 0.4) is 0 Å². The van der Waals surface area contributed by atoms with Gasteiger partial charge in [-0.2, -0.15) is 0 Å². The number of benzene rings is 1. The molecule has 0 spiro atoms. The zero-order chi connectivity index (χ0) is 16.9. The second-order valence-corrected chi connectivity index (χ2v) is 6.13. The fourth-order valence-electron chi connectivity index (χ4n) is 2.54. The van der Waals surface area contributed by atoms with Gasteiger partial charge in [-0.25, -0.2) is 4.98 Å². The highest BCUT2D eigenvalue weighted by Gasteiger charge is 2.04. The van der Waals surface area contributed by atoms with E-state index in [0.29, 0.717) is 5.65 Å². The van der Waals surface area contributed by atoms with Crippen molar-refractivity contribution >= 4 is 35.2 Å². The van der Waals surface area contributed by atoms with E-state index in [1.54, 1.807) is 12.3 Å². The molecule has 3 aromatic rings. The molecule has 6 heteroatoms. The van der Waals surface area contributed by atoms with Gasteiger partial charge in [0.25, 0.3) is 0 Å². The Kier molecular flexibility index (Phi) is 5.17. The van der Waals surface area contributed by atoms with Crippen molar-refractivity contribution in [1.82, 2.24) is 14.3 Å². The molecule has 0 fully saturated rings. The summed E-state index contributed by atoms with van der Waals surface area (Å²) in [7, 11) is 0. The molecule has 0 aliphatic rings. The summed E-state index contributed by atoms with van der Waals surface area (Å²) in [5, 5.41) is 4.30. The van der Waals surface area contributed by atoms with E-state index in [4.69, 9.17) is 0 Å². The molecule has 0 aliphatic heterocycles. The molecular weight excluding hydrogens is 320 g/mol. The van der Waals surface area contributed by atoms with Crippen LogP contribution in [0.5, 0.6) is 0 Å². The molecule has 2 aromatic heterocycles. The van der Waals surface area contributed by atoms with Crippen LogP contribution in [-0.4, -0.2) is 27.4 Å². The van der Waals surface area contributed by atoms with Gasteiger partial charge in [0.1, 0.15) is 5.65 Å². The van der Waals surface area contributed by atoms with Crippen molar-refractivity contribution in [3.05, 3.63) is 64.6 Å². The van der Waals surface area contributed by atoms with Crippen molar-refractivity contribution in [2.45, 2.75) is 13.3 Å². The monoisotopic (exact) mass is 340 g/mol. The highest BCUT2D eigenvalue weighted by molar-refractivity contribution is 7.77. The first-order valence-electron chi connectivity index (χ1n) is 7.93. The SMILES string of the molecule is CCN(S)CCc1cccc(Nc2ccnc3[nH]c(=O)ccc23)c1. The number of anilines is 2. The van der Waals surface area contributed by atoms with Gasteiger partial charge >= 0.3 is 0 Å². The molecule has 0 aliphatic carbocycles. The molecule has 0 atom stereocenters. The number of pyridine rings is 2. The second-order valence-electron chi connectivity index (χ2n) is 5.57. The summed E-state index contributed by atoms with van der Waals surface area (Å²) in [6.07, 6.45) is 2.63. The minimum absolute atomic E-state index is 0.151. The first-order valence-corrected chi connectivity index (χ1v) is 8.33. The number of H-pyrrole nitrogens is 1. The molecule has 0 saturated carbocycles. The van der Waals surface area contributed by atoms with Crippen molar-refractivity contribution in [2.75, 3.05) is 18.4 Å². The number of aromatic nitrogens is 2. The smallest absolute Gasteiger partial charge is 0.249 e. The van der Waals surface area contributed by atoms with Crippen molar-refractivity contribution in [3.8, 4) is 0 Å². The van der Waals surface area contributed by atoms with Gasteiger partial charge in [-0.15, -0.1) is 0 Å². The van der Waals surface area contributed by atoms with Gasteiger partial charge < -0.3 is 10.3 Å². The van der Waals surface area contributed by atoms with Crippen LogP contribution in [0.2, 0.25) is 0 Å². The van der Waals surface area contributed by atoms with Gasteiger partial charge in [0.15, 0.2) is 0 Å². The fourth-order valence-corrected chi connectivity index (χ4v) is 2.64. The lowest BCUT2D eigenvalue weighted by atomic mass is 10.1. The van der Waals surface area contributed by atoms with E-state index < -0.39 is 0 Å². The highest BCUT2D eigenvalue weighted by Crippen LogP contribution is 2.24. The Hall–Kier alpha value is -2.31. The lowest BCUT2D eigenvalue weighted by molar-refractivity contribution is 0.507. The summed E-state index contributed by atoms with van der Waals surface area (Å²) in [5.74, 6) is 0. The molecule has 2 heterocycles. The molecule has 2 N–H and O–H groups in total. The molecular formula is C18H20N4OS. The van der Waals surface area contributed by atoms with Gasteiger partial charge in [-0.05, 0) is 36.2 Å². The Balaban J connectivity index is 1.82. The summed E-state index contributed by atoms with van der Waals surface area (Å²) >= 11 is 4.40. The van der Waals surface area contributed by atoms with E-state index in [9.17, 15) is 4.79 Å². The average Bonchev–Trinajstić information content (AvgIpc) is 2.60. The van der Waals surface area contributed by atoms with Gasteiger partial charge in [0, 0.05) is 36.4 Å². The Morgan fingerprint density at radius 1 is 1.25 bits per heavy atom. The summed E-state index contributed by atoms with van der Waals surface area (Å²) in [6, 6.07) is 13.5. The number of hydrogen-bond acceptors (Lipinski definition) is 5. The van der Waals surface area contributed by atoms with Crippen LogP contribution in [-0.2, 0) is 6.42 Å². The van der Waals surface area contributed by atoms with Crippen molar-refractivity contribution in [3.63, 3.8) is 0 Å². The Morgan fingerprint density at radius 2 is 2.12 bits per heavy atom. The van der Waals surface area contributed by atoms with Gasteiger partial charge in [0.2, 0.25) is 5.56 Å². The molecule has 3 rings (SSSR count). The van der Waals surface area contributed by atoms with Crippen LogP contribution in [0.25, 0.3) is 11.0 Å². The number of fused-ring (bicyclic) bond motifs is 1. The zero-order valence-electron chi connectivity index (χ0n) is 13.5. The first kappa shape index (κ1) is 16.5.